The zero-order valence-electron chi connectivity index (χ0n) is 26.5. The van der Waals surface area contributed by atoms with Crippen molar-refractivity contribution in [2.45, 2.75) is 90.8 Å². The number of aromatic amines is 3. The molecule has 0 fully saturated rings. The quantitative estimate of drug-likeness (QED) is 0.131. The molecule has 45 heavy (non-hydrogen) atoms. The van der Waals surface area contributed by atoms with E-state index in [0.717, 1.165) is 29.5 Å². The van der Waals surface area contributed by atoms with Gasteiger partial charge < -0.3 is 4.43 Å². The van der Waals surface area contributed by atoms with Gasteiger partial charge >= 0.3 is 12.4 Å². The minimum Gasteiger partial charge on any atom is -0.529 e. The van der Waals surface area contributed by atoms with Crippen molar-refractivity contribution in [2.75, 3.05) is 0 Å². The highest BCUT2D eigenvalue weighted by Gasteiger charge is 2.43. The van der Waals surface area contributed by atoms with Crippen molar-refractivity contribution in [3.05, 3.63) is 104 Å². The summed E-state index contributed by atoms with van der Waals surface area (Å²) in [7, 11) is -2.30. The molecule has 0 aliphatic rings. The van der Waals surface area contributed by atoms with E-state index in [1.54, 1.807) is 12.1 Å². The van der Waals surface area contributed by atoms with Crippen molar-refractivity contribution < 1.29 is 30.8 Å². The Bertz CT molecular complexity index is 1590. The average Bonchev–Trinajstić information content (AvgIpc) is 3.52. The zero-order valence-corrected chi connectivity index (χ0v) is 27.5. The maximum atomic E-state index is 13.4. The van der Waals surface area contributed by atoms with Crippen molar-refractivity contribution in [1.82, 2.24) is 20.4 Å². The molecular weight excluding hydrogens is 614 g/mol. The molecule has 4 aromatic rings. The molecule has 4 rings (SSSR count). The summed E-state index contributed by atoms with van der Waals surface area (Å²) in [5.74, 6) is 0.0727. The number of H-pyrrole nitrogens is 3. The number of nitrogens with one attached hydrogen (secondary N) is 3. The molecule has 0 saturated heterocycles. The van der Waals surface area contributed by atoms with E-state index in [0.29, 0.717) is 5.56 Å². The molecule has 3 N–H and O–H groups in total. The fraction of sp³-hybridized carbons (Fsp3) is 0.438. The number of nitrogens with zero attached hydrogens (tertiary/aromatic N) is 1. The van der Waals surface area contributed by atoms with Crippen LogP contribution >= 0.6 is 0 Å². The van der Waals surface area contributed by atoms with E-state index in [1.165, 1.54) is 0 Å². The van der Waals surface area contributed by atoms with Crippen LogP contribution in [-0.4, -0.2) is 28.7 Å². The summed E-state index contributed by atoms with van der Waals surface area (Å²) in [6.07, 6.45) is -7.23. The number of halogens is 6. The molecule has 0 unspecified atom stereocenters. The summed E-state index contributed by atoms with van der Waals surface area (Å²) < 4.78 is 84.5. The Morgan fingerprint density at radius 3 is 1.51 bits per heavy atom. The van der Waals surface area contributed by atoms with Crippen LogP contribution in [0.3, 0.4) is 0 Å². The highest BCUT2D eigenvalue weighted by Crippen LogP contribution is 2.41. The van der Waals surface area contributed by atoms with Gasteiger partial charge in [0.05, 0.1) is 5.56 Å². The minimum absolute atomic E-state index is 0.0440. The van der Waals surface area contributed by atoms with Gasteiger partial charge in [0, 0.05) is 18.4 Å². The molecular formula is C32H40F6N4O2Si. The summed E-state index contributed by atoms with van der Waals surface area (Å²) in [5.41, 5.74) is 0.956. The topological polar surface area (TPSA) is 86.6 Å². The van der Waals surface area contributed by atoms with E-state index in [1.807, 2.05) is 94.3 Å². The average molecular weight is 655 g/mol. The Morgan fingerprint density at radius 2 is 1.11 bits per heavy atom. The number of benzene rings is 2. The molecule has 6 nitrogen and oxygen atoms in total. The fourth-order valence-corrected chi connectivity index (χ4v) is 5.17. The van der Waals surface area contributed by atoms with Gasteiger partial charge in [-0.1, -0.05) is 83.1 Å². The van der Waals surface area contributed by atoms with Crippen molar-refractivity contribution in [3.63, 3.8) is 0 Å². The van der Waals surface area contributed by atoms with Crippen LogP contribution in [0.5, 0.6) is 5.88 Å². The van der Waals surface area contributed by atoms with Gasteiger partial charge in [0.2, 0.25) is 5.88 Å². The molecule has 2 aromatic heterocycles. The molecule has 246 valence electrons. The molecule has 0 saturated carbocycles. The summed E-state index contributed by atoms with van der Waals surface area (Å²) in [6, 6.07) is 14.8. The lowest BCUT2D eigenvalue weighted by atomic mass is 10.0. The first-order valence-corrected chi connectivity index (χ1v) is 17.5. The molecule has 2 aromatic carbocycles. The number of alkyl halides is 6. The number of aryl methyl sites for hydroxylation is 2. The van der Waals surface area contributed by atoms with E-state index in [2.05, 4.69) is 10.2 Å². The monoisotopic (exact) mass is 654 g/mol. The van der Waals surface area contributed by atoms with Gasteiger partial charge in [0.1, 0.15) is 11.4 Å². The van der Waals surface area contributed by atoms with Crippen LogP contribution in [0.1, 0.15) is 79.4 Å². The van der Waals surface area contributed by atoms with E-state index >= 15 is 0 Å². The van der Waals surface area contributed by atoms with Crippen molar-refractivity contribution >= 4 is 8.32 Å². The predicted octanol–water partition coefficient (Wildman–Crippen LogP) is 8.84. The zero-order chi connectivity index (χ0) is 33.8. The Kier molecular flexibility index (Phi) is 10.9. The van der Waals surface area contributed by atoms with E-state index in [9.17, 15) is 31.1 Å². The lowest BCUT2D eigenvalue weighted by Crippen LogP contribution is -2.44. The predicted molar refractivity (Wildman–Crippen MR) is 165 cm³/mol. The van der Waals surface area contributed by atoms with Crippen molar-refractivity contribution in [2.24, 2.45) is 0 Å². The molecule has 0 bridgehead atoms. The third kappa shape index (κ3) is 9.15. The van der Waals surface area contributed by atoms with Crippen molar-refractivity contribution in [1.29, 1.82) is 0 Å². The third-order valence-electron chi connectivity index (χ3n) is 8.06. The number of hydrogen-bond acceptors (Lipinski definition) is 3. The van der Waals surface area contributed by atoms with Gasteiger partial charge in [-0.05, 0) is 53.2 Å². The summed E-state index contributed by atoms with van der Waals surface area (Å²) in [5, 5.41) is 9.78. The highest BCUT2D eigenvalue weighted by atomic mass is 28.4. The molecule has 0 aliphatic carbocycles. The first-order valence-electron chi connectivity index (χ1n) is 14.6. The Balaban J connectivity index is 0.000000257. The molecule has 0 aliphatic heterocycles. The largest absolute Gasteiger partial charge is 0.529 e. The van der Waals surface area contributed by atoms with E-state index in [4.69, 9.17) is 4.43 Å². The molecule has 0 spiro atoms. The second kappa shape index (κ2) is 13.7. The summed E-state index contributed by atoms with van der Waals surface area (Å²) in [4.78, 5) is 11.4. The normalized spacial score (nSPS) is 12.6. The molecule has 0 atom stereocenters. The first-order chi connectivity index (χ1) is 20.8. The Morgan fingerprint density at radius 1 is 0.689 bits per heavy atom. The molecule has 0 radical (unpaired) electrons. The second-order valence-electron chi connectivity index (χ2n) is 12.4. The molecule has 13 heteroatoms. The SMILES string of the molecule is CCc1ccc(Cc2c(C(F)(F)F)[nH][nH]c2=O)cc1.CCc1ccc(Cc2c(O[Si](C)(C)C(C)(C)C)n[nH]c2C(F)(F)F)cc1. The van der Waals surface area contributed by atoms with Gasteiger partial charge in [0.15, 0.2) is 0 Å². The van der Waals surface area contributed by atoms with Crippen LogP contribution in [0.25, 0.3) is 0 Å². The summed E-state index contributed by atoms with van der Waals surface area (Å²) in [6.45, 7) is 14.1. The number of aromatic nitrogens is 4. The van der Waals surface area contributed by atoms with Crippen LogP contribution in [0.4, 0.5) is 26.3 Å². The fourth-order valence-electron chi connectivity index (χ4n) is 4.21. The van der Waals surface area contributed by atoms with Crippen LogP contribution in [0.2, 0.25) is 18.1 Å². The van der Waals surface area contributed by atoms with E-state index in [-0.39, 0.29) is 34.9 Å². The maximum Gasteiger partial charge on any atom is 0.433 e. The van der Waals surface area contributed by atoms with Gasteiger partial charge in [-0.25, -0.2) is 0 Å². The van der Waals surface area contributed by atoms with Gasteiger partial charge in [0.25, 0.3) is 13.9 Å². The minimum atomic E-state index is -4.56. The highest BCUT2D eigenvalue weighted by molar-refractivity contribution is 6.74. The molecule has 0 amide bonds. The second-order valence-corrected chi connectivity index (χ2v) is 17.1. The van der Waals surface area contributed by atoms with Crippen LogP contribution in [0.15, 0.2) is 53.3 Å². The summed E-state index contributed by atoms with van der Waals surface area (Å²) >= 11 is 0. The van der Waals surface area contributed by atoms with Crippen molar-refractivity contribution in [3.8, 4) is 5.88 Å². The maximum absolute atomic E-state index is 13.4. The van der Waals surface area contributed by atoms with Gasteiger partial charge in [-0.3, -0.25) is 20.1 Å². The third-order valence-corrected chi connectivity index (χ3v) is 12.4. The smallest absolute Gasteiger partial charge is 0.433 e. The lowest BCUT2D eigenvalue weighted by molar-refractivity contribution is -0.142. The standard InChI is InChI=1S/C19H27F3N2OSi.C13H13F3N2O/c1-7-13-8-10-14(11-9-13)12-15-16(19(20,21)22)23-24-17(15)25-26(5,6)18(2,3)4;1-2-8-3-5-9(6-4-8)7-10-11(13(14,15)16)17-18-12(10)19/h8-11H,7,12H2,1-6H3,(H,23,24);3-6H,2,7H2,1H3,(H2,17,18,19). The Labute approximate surface area is 259 Å². The first kappa shape index (κ1) is 35.7. The van der Waals surface area contributed by atoms with Gasteiger partial charge in [-0.2, -0.15) is 26.3 Å². The number of hydrogen-bond donors (Lipinski definition) is 3. The molecule has 2 heterocycles. The van der Waals surface area contributed by atoms with Crippen LogP contribution in [0, 0.1) is 0 Å². The Hall–Kier alpha value is -3.74. The number of rotatable bonds is 8. The van der Waals surface area contributed by atoms with Crippen LogP contribution < -0.4 is 9.99 Å². The lowest BCUT2D eigenvalue weighted by Gasteiger charge is -2.35. The van der Waals surface area contributed by atoms with E-state index < -0.39 is 37.6 Å². The van der Waals surface area contributed by atoms with Gasteiger partial charge in [-0.15, -0.1) is 5.10 Å². The van der Waals surface area contributed by atoms with Crippen LogP contribution in [-0.2, 0) is 38.0 Å².